The van der Waals surface area contributed by atoms with E-state index in [1.54, 1.807) is 30.1 Å². The molecule has 0 atom stereocenters. The first-order valence-corrected chi connectivity index (χ1v) is 10.4. The molecule has 0 radical (unpaired) electrons. The molecule has 1 N–H and O–H groups in total. The van der Waals surface area contributed by atoms with E-state index in [2.05, 4.69) is 5.32 Å². The summed E-state index contributed by atoms with van der Waals surface area (Å²) in [5.41, 5.74) is 3.64. The molecule has 6 heteroatoms. The normalized spacial score (nSPS) is 10.7. The number of nitrogens with zero attached hydrogens (tertiary/aromatic N) is 1. The van der Waals surface area contributed by atoms with Crippen LogP contribution in [0.15, 0.2) is 66.7 Å². The fourth-order valence-electron chi connectivity index (χ4n) is 3.18. The van der Waals surface area contributed by atoms with Crippen molar-refractivity contribution in [3.63, 3.8) is 0 Å². The minimum absolute atomic E-state index is 0.0477. The number of halogens is 3. The summed E-state index contributed by atoms with van der Waals surface area (Å²) >= 11 is 12.6. The minimum atomic E-state index is -0.285. The smallest absolute Gasteiger partial charge is 0.224 e. The lowest BCUT2D eigenvalue weighted by Gasteiger charge is -2.19. The lowest BCUT2D eigenvalue weighted by Crippen LogP contribution is -2.27. The summed E-state index contributed by atoms with van der Waals surface area (Å²) in [6.07, 6.45) is 0.851. The topological polar surface area (TPSA) is 32.3 Å². The van der Waals surface area contributed by atoms with Crippen molar-refractivity contribution in [2.24, 2.45) is 0 Å². The number of anilines is 1. The van der Waals surface area contributed by atoms with Gasteiger partial charge < -0.3 is 10.2 Å². The van der Waals surface area contributed by atoms with Gasteiger partial charge in [-0.1, -0.05) is 65.7 Å². The number of amides is 1. The zero-order valence-corrected chi connectivity index (χ0v) is 18.2. The molecule has 0 aliphatic carbocycles. The van der Waals surface area contributed by atoms with Crippen molar-refractivity contribution < 1.29 is 9.18 Å². The van der Waals surface area contributed by atoms with Gasteiger partial charge in [-0.2, -0.15) is 0 Å². The first-order chi connectivity index (χ1) is 14.4. The van der Waals surface area contributed by atoms with Crippen molar-refractivity contribution in [1.29, 1.82) is 0 Å². The van der Waals surface area contributed by atoms with E-state index in [0.29, 0.717) is 36.0 Å². The largest absolute Gasteiger partial charge is 0.384 e. The monoisotopic (exact) mass is 444 g/mol. The van der Waals surface area contributed by atoms with Crippen molar-refractivity contribution in [3.8, 4) is 0 Å². The average molecular weight is 445 g/mol. The molecule has 0 saturated carbocycles. The molecule has 0 saturated heterocycles. The second-order valence-corrected chi connectivity index (χ2v) is 7.89. The van der Waals surface area contributed by atoms with Crippen LogP contribution in [0.2, 0.25) is 10.0 Å². The highest BCUT2D eigenvalue weighted by Gasteiger charge is 2.13. The lowest BCUT2D eigenvalue weighted by molar-refractivity contribution is -0.130. The van der Waals surface area contributed by atoms with E-state index in [9.17, 15) is 9.18 Å². The minimum Gasteiger partial charge on any atom is -0.384 e. The van der Waals surface area contributed by atoms with Gasteiger partial charge in [0.1, 0.15) is 5.82 Å². The highest BCUT2D eigenvalue weighted by Crippen LogP contribution is 2.33. The number of nitrogens with one attached hydrogen (secondary N) is 1. The van der Waals surface area contributed by atoms with Crippen molar-refractivity contribution in [2.75, 3.05) is 18.9 Å². The number of hydrogen-bond donors (Lipinski definition) is 1. The number of benzene rings is 3. The van der Waals surface area contributed by atoms with Gasteiger partial charge in [0.25, 0.3) is 0 Å². The van der Waals surface area contributed by atoms with Crippen LogP contribution in [-0.2, 0) is 17.8 Å². The van der Waals surface area contributed by atoms with Crippen LogP contribution in [0.5, 0.6) is 0 Å². The zero-order chi connectivity index (χ0) is 21.5. The molecule has 0 unspecified atom stereocenters. The third kappa shape index (κ3) is 5.97. The predicted molar refractivity (Wildman–Crippen MR) is 122 cm³/mol. The summed E-state index contributed by atoms with van der Waals surface area (Å²) in [6, 6.07) is 19.7. The quantitative estimate of drug-likeness (QED) is 0.449. The fraction of sp³-hybridized carbons (Fsp3) is 0.208. The molecule has 30 heavy (non-hydrogen) atoms. The summed E-state index contributed by atoms with van der Waals surface area (Å²) in [5, 5.41) is 4.21. The van der Waals surface area contributed by atoms with E-state index in [1.807, 2.05) is 36.4 Å². The van der Waals surface area contributed by atoms with Crippen LogP contribution in [0.3, 0.4) is 0 Å². The summed E-state index contributed by atoms with van der Waals surface area (Å²) in [7, 11) is 1.80. The Hall–Kier alpha value is -2.56. The van der Waals surface area contributed by atoms with Gasteiger partial charge in [-0.05, 0) is 41.0 Å². The Kier molecular flexibility index (Phi) is 7.72. The molecule has 156 valence electrons. The molecule has 1 amide bonds. The van der Waals surface area contributed by atoms with Gasteiger partial charge in [0.05, 0.1) is 10.0 Å². The highest BCUT2D eigenvalue weighted by molar-refractivity contribution is 6.42. The Morgan fingerprint density at radius 2 is 1.67 bits per heavy atom. The molecule has 0 aromatic heterocycles. The first kappa shape index (κ1) is 22.1. The molecular formula is C24H23Cl2FN2O. The molecule has 3 aromatic carbocycles. The fourth-order valence-corrected chi connectivity index (χ4v) is 3.59. The molecule has 0 aliphatic heterocycles. The average Bonchev–Trinajstić information content (AvgIpc) is 2.75. The predicted octanol–water partition coefficient (Wildman–Crippen LogP) is 6.18. The van der Waals surface area contributed by atoms with Gasteiger partial charge in [-0.3, -0.25) is 4.79 Å². The SMILES string of the molecule is CN(Cc1ccccc1)C(=O)CCNc1ccc(Cl)c(Cl)c1Cc1ccc(F)cc1. The molecule has 3 aromatic rings. The van der Waals surface area contributed by atoms with E-state index in [0.717, 1.165) is 22.4 Å². The number of carbonyl (C=O) groups is 1. The highest BCUT2D eigenvalue weighted by atomic mass is 35.5. The van der Waals surface area contributed by atoms with Crippen molar-refractivity contribution in [2.45, 2.75) is 19.4 Å². The summed E-state index contributed by atoms with van der Waals surface area (Å²) in [5.74, 6) is -0.237. The Balaban J connectivity index is 1.62. The maximum Gasteiger partial charge on any atom is 0.224 e. The molecule has 0 aliphatic rings. The molecule has 0 fully saturated rings. The van der Waals surface area contributed by atoms with Gasteiger partial charge in [0.15, 0.2) is 0 Å². The Labute approximate surface area is 186 Å². The zero-order valence-electron chi connectivity index (χ0n) is 16.7. The van der Waals surface area contributed by atoms with E-state index in [-0.39, 0.29) is 11.7 Å². The van der Waals surface area contributed by atoms with Crippen LogP contribution in [0.1, 0.15) is 23.1 Å². The van der Waals surface area contributed by atoms with Gasteiger partial charge in [0.2, 0.25) is 5.91 Å². The third-order valence-electron chi connectivity index (χ3n) is 4.83. The Morgan fingerprint density at radius 1 is 0.967 bits per heavy atom. The van der Waals surface area contributed by atoms with Crippen molar-refractivity contribution >= 4 is 34.8 Å². The number of hydrogen-bond acceptors (Lipinski definition) is 2. The molecule has 0 heterocycles. The van der Waals surface area contributed by atoms with E-state index >= 15 is 0 Å². The molecule has 0 bridgehead atoms. The van der Waals surface area contributed by atoms with Crippen LogP contribution in [-0.4, -0.2) is 24.4 Å². The van der Waals surface area contributed by atoms with Crippen LogP contribution >= 0.6 is 23.2 Å². The van der Waals surface area contributed by atoms with Crippen LogP contribution in [0.4, 0.5) is 10.1 Å². The summed E-state index contributed by atoms with van der Waals surface area (Å²) < 4.78 is 13.2. The molecular weight excluding hydrogens is 422 g/mol. The Bertz CT molecular complexity index is 994. The number of rotatable bonds is 8. The van der Waals surface area contributed by atoms with Crippen LogP contribution in [0, 0.1) is 5.82 Å². The lowest BCUT2D eigenvalue weighted by atomic mass is 10.0. The molecule has 0 spiro atoms. The van der Waals surface area contributed by atoms with Gasteiger partial charge in [-0.25, -0.2) is 4.39 Å². The maximum absolute atomic E-state index is 13.2. The molecule has 3 nitrogen and oxygen atoms in total. The Morgan fingerprint density at radius 3 is 2.37 bits per heavy atom. The van der Waals surface area contributed by atoms with Gasteiger partial charge in [-0.15, -0.1) is 0 Å². The van der Waals surface area contributed by atoms with Gasteiger partial charge in [0, 0.05) is 38.7 Å². The van der Waals surface area contributed by atoms with E-state index in [1.165, 1.54) is 12.1 Å². The molecule has 3 rings (SSSR count). The van der Waals surface area contributed by atoms with Crippen LogP contribution in [0.25, 0.3) is 0 Å². The van der Waals surface area contributed by atoms with Crippen LogP contribution < -0.4 is 5.32 Å². The third-order valence-corrected chi connectivity index (χ3v) is 5.68. The standard InChI is InChI=1S/C24H23Cl2FN2O/c1-29(16-18-5-3-2-4-6-18)23(30)13-14-28-22-12-11-21(25)24(26)20(22)15-17-7-9-19(27)10-8-17/h2-12,28H,13-16H2,1H3. The number of carbonyl (C=O) groups excluding carboxylic acids is 1. The van der Waals surface area contributed by atoms with Crippen molar-refractivity contribution in [1.82, 2.24) is 4.90 Å². The van der Waals surface area contributed by atoms with E-state index < -0.39 is 0 Å². The second-order valence-electron chi connectivity index (χ2n) is 7.10. The van der Waals surface area contributed by atoms with E-state index in [4.69, 9.17) is 23.2 Å². The van der Waals surface area contributed by atoms with Gasteiger partial charge >= 0.3 is 0 Å². The second kappa shape index (κ2) is 10.5. The summed E-state index contributed by atoms with van der Waals surface area (Å²) in [4.78, 5) is 14.2. The summed E-state index contributed by atoms with van der Waals surface area (Å²) in [6.45, 7) is 1.04. The first-order valence-electron chi connectivity index (χ1n) is 9.67. The van der Waals surface area contributed by atoms with Crippen molar-refractivity contribution in [3.05, 3.63) is 99.3 Å². The maximum atomic E-state index is 13.2.